The van der Waals surface area contributed by atoms with Crippen molar-refractivity contribution in [1.29, 1.82) is 0 Å². The largest absolute Gasteiger partial charge is 0.464 e. The lowest BCUT2D eigenvalue weighted by Gasteiger charge is -2.15. The van der Waals surface area contributed by atoms with Crippen LogP contribution in [0.4, 0.5) is 0 Å². The summed E-state index contributed by atoms with van der Waals surface area (Å²) in [6.45, 7) is 1.55. The van der Waals surface area contributed by atoms with Crippen molar-refractivity contribution in [3.05, 3.63) is 66.2 Å². The molecule has 2 rings (SSSR count). The molecule has 0 fully saturated rings. The Hall–Kier alpha value is -1.85. The van der Waals surface area contributed by atoms with E-state index in [0.29, 0.717) is 11.3 Å². The molecule has 2 aromatic rings. The third-order valence-corrected chi connectivity index (χ3v) is 3.76. The summed E-state index contributed by atoms with van der Waals surface area (Å²) >= 11 is 0. The molecule has 0 saturated heterocycles. The fraction of sp³-hybridized carbons (Fsp3) is 0.200. The second-order valence-corrected chi connectivity index (χ2v) is 5.88. The Balaban J connectivity index is 1.94. The fourth-order valence-corrected chi connectivity index (χ4v) is 2.85. The lowest BCUT2D eigenvalue weighted by atomic mass is 10.2. The molecule has 0 aromatic heterocycles. The predicted octanol–water partition coefficient (Wildman–Crippen LogP) is 2.96. The summed E-state index contributed by atoms with van der Waals surface area (Å²) in [6, 6.07) is 17.8. The Morgan fingerprint density at radius 2 is 1.50 bits per heavy atom. The van der Waals surface area contributed by atoms with E-state index in [1.807, 2.05) is 12.1 Å². The zero-order valence-electron chi connectivity index (χ0n) is 11.1. The Morgan fingerprint density at radius 3 is 2.10 bits per heavy atom. The van der Waals surface area contributed by atoms with Crippen molar-refractivity contribution in [2.75, 3.05) is 0 Å². The van der Waals surface area contributed by atoms with Crippen LogP contribution in [0, 0.1) is 0 Å². The summed E-state index contributed by atoms with van der Waals surface area (Å²) in [4.78, 5) is 0. The molecule has 0 aliphatic rings. The first-order chi connectivity index (χ1) is 9.55. The Labute approximate surface area is 119 Å². The molecule has 1 atom stereocenters. The monoisotopic (exact) mass is 292 g/mol. The molecule has 0 radical (unpaired) electrons. The standard InChI is InChI=1S/C15H16O4S/c1-13(18-15-10-6-3-7-11-15)19-20(16,17)12-14-8-4-2-5-9-14/h2-11,13H,12H2,1H3. The molecule has 0 amide bonds. The molecule has 0 aliphatic carbocycles. The van der Waals surface area contributed by atoms with Gasteiger partial charge in [0.1, 0.15) is 11.5 Å². The second-order valence-electron chi connectivity index (χ2n) is 4.28. The van der Waals surface area contributed by atoms with E-state index in [1.165, 1.54) is 0 Å². The zero-order valence-corrected chi connectivity index (χ0v) is 11.9. The molecule has 4 nitrogen and oxygen atoms in total. The minimum atomic E-state index is -3.68. The first kappa shape index (κ1) is 14.6. The van der Waals surface area contributed by atoms with Crippen LogP contribution in [0.25, 0.3) is 0 Å². The fourth-order valence-electron chi connectivity index (χ4n) is 1.73. The average Bonchev–Trinajstić information content (AvgIpc) is 2.39. The van der Waals surface area contributed by atoms with Gasteiger partial charge in [-0.05, 0) is 24.6 Å². The molecule has 106 valence electrons. The first-order valence-corrected chi connectivity index (χ1v) is 7.79. The molecule has 1 unspecified atom stereocenters. The first-order valence-electron chi connectivity index (χ1n) is 6.22. The molecule has 0 saturated carbocycles. The van der Waals surface area contributed by atoms with Crippen LogP contribution in [0.5, 0.6) is 5.75 Å². The van der Waals surface area contributed by atoms with Crippen molar-refractivity contribution in [3.63, 3.8) is 0 Å². The smallest absolute Gasteiger partial charge is 0.274 e. The molecule has 0 aliphatic heterocycles. The van der Waals surface area contributed by atoms with Gasteiger partial charge in [-0.3, -0.25) is 0 Å². The molecule has 0 N–H and O–H groups in total. The molecule has 2 aromatic carbocycles. The van der Waals surface area contributed by atoms with Crippen molar-refractivity contribution in [2.45, 2.75) is 19.0 Å². The Bertz CT molecular complexity index is 623. The van der Waals surface area contributed by atoms with Gasteiger partial charge in [0.25, 0.3) is 10.1 Å². The van der Waals surface area contributed by atoms with Gasteiger partial charge >= 0.3 is 0 Å². The zero-order chi connectivity index (χ0) is 14.4. The van der Waals surface area contributed by atoms with E-state index in [-0.39, 0.29) is 5.75 Å². The average molecular weight is 292 g/mol. The number of para-hydroxylation sites is 1. The van der Waals surface area contributed by atoms with Crippen molar-refractivity contribution in [2.24, 2.45) is 0 Å². The molecule has 0 heterocycles. The lowest BCUT2D eigenvalue weighted by molar-refractivity contribution is 0.0280. The van der Waals surface area contributed by atoms with Crippen LogP contribution in [-0.4, -0.2) is 14.7 Å². The molecular formula is C15H16O4S. The van der Waals surface area contributed by atoms with Crippen LogP contribution in [0.3, 0.4) is 0 Å². The molecular weight excluding hydrogens is 276 g/mol. The van der Waals surface area contributed by atoms with Gasteiger partial charge in [0.2, 0.25) is 6.29 Å². The summed E-state index contributed by atoms with van der Waals surface area (Å²) in [5, 5.41) is 0. The summed E-state index contributed by atoms with van der Waals surface area (Å²) < 4.78 is 34.2. The predicted molar refractivity (Wildman–Crippen MR) is 76.7 cm³/mol. The minimum absolute atomic E-state index is 0.170. The van der Waals surface area contributed by atoms with E-state index >= 15 is 0 Å². The number of benzene rings is 2. The third kappa shape index (κ3) is 4.68. The van der Waals surface area contributed by atoms with Crippen LogP contribution >= 0.6 is 0 Å². The molecule has 20 heavy (non-hydrogen) atoms. The Kier molecular flexibility index (Phi) is 4.76. The summed E-state index contributed by atoms with van der Waals surface area (Å²) in [5.74, 6) is 0.394. The van der Waals surface area contributed by atoms with Gasteiger partial charge in [0, 0.05) is 0 Å². The third-order valence-electron chi connectivity index (χ3n) is 2.51. The van der Waals surface area contributed by atoms with E-state index in [9.17, 15) is 8.42 Å². The highest BCUT2D eigenvalue weighted by molar-refractivity contribution is 7.85. The van der Waals surface area contributed by atoms with Crippen LogP contribution < -0.4 is 4.74 Å². The normalized spacial score (nSPS) is 12.8. The number of rotatable bonds is 6. The van der Waals surface area contributed by atoms with Gasteiger partial charge in [0.05, 0.1) is 0 Å². The quantitative estimate of drug-likeness (QED) is 0.607. The van der Waals surface area contributed by atoms with Crippen molar-refractivity contribution in [1.82, 2.24) is 0 Å². The number of ether oxygens (including phenoxy) is 1. The molecule has 5 heteroatoms. The van der Waals surface area contributed by atoms with E-state index in [0.717, 1.165) is 0 Å². The maximum absolute atomic E-state index is 11.9. The van der Waals surface area contributed by atoms with Crippen molar-refractivity contribution >= 4 is 10.1 Å². The SMILES string of the molecule is CC(Oc1ccccc1)OS(=O)(=O)Cc1ccccc1. The minimum Gasteiger partial charge on any atom is -0.464 e. The van der Waals surface area contributed by atoms with E-state index < -0.39 is 16.4 Å². The van der Waals surface area contributed by atoms with E-state index in [1.54, 1.807) is 55.5 Å². The van der Waals surface area contributed by atoms with Crippen LogP contribution in [0.15, 0.2) is 60.7 Å². The van der Waals surface area contributed by atoms with Gasteiger partial charge in [-0.25, -0.2) is 4.18 Å². The summed E-state index contributed by atoms with van der Waals surface area (Å²) in [7, 11) is -3.68. The van der Waals surface area contributed by atoms with Gasteiger partial charge < -0.3 is 4.74 Å². The van der Waals surface area contributed by atoms with Crippen molar-refractivity contribution in [3.8, 4) is 5.75 Å². The van der Waals surface area contributed by atoms with Crippen LogP contribution in [0.2, 0.25) is 0 Å². The molecule has 0 spiro atoms. The highest BCUT2D eigenvalue weighted by Crippen LogP contribution is 2.14. The topological polar surface area (TPSA) is 52.6 Å². The maximum atomic E-state index is 11.9. The highest BCUT2D eigenvalue weighted by Gasteiger charge is 2.17. The van der Waals surface area contributed by atoms with E-state index in [4.69, 9.17) is 8.92 Å². The second kappa shape index (κ2) is 6.54. The summed E-state index contributed by atoms with van der Waals surface area (Å²) in [6.07, 6.45) is -0.869. The van der Waals surface area contributed by atoms with Gasteiger partial charge in [-0.1, -0.05) is 48.5 Å². The Morgan fingerprint density at radius 1 is 0.950 bits per heavy atom. The van der Waals surface area contributed by atoms with Gasteiger partial charge in [-0.2, -0.15) is 8.42 Å². The van der Waals surface area contributed by atoms with E-state index in [2.05, 4.69) is 0 Å². The van der Waals surface area contributed by atoms with Crippen molar-refractivity contribution < 1.29 is 17.3 Å². The lowest BCUT2D eigenvalue weighted by Crippen LogP contribution is -2.22. The highest BCUT2D eigenvalue weighted by atomic mass is 32.2. The van der Waals surface area contributed by atoms with Crippen LogP contribution in [-0.2, 0) is 20.1 Å². The summed E-state index contributed by atoms with van der Waals surface area (Å²) in [5.41, 5.74) is 0.680. The molecule has 0 bridgehead atoms. The number of hydrogen-bond acceptors (Lipinski definition) is 4. The van der Waals surface area contributed by atoms with Gasteiger partial charge in [-0.15, -0.1) is 0 Å². The van der Waals surface area contributed by atoms with Crippen LogP contribution in [0.1, 0.15) is 12.5 Å². The number of hydrogen-bond donors (Lipinski definition) is 0. The van der Waals surface area contributed by atoms with Gasteiger partial charge in [0.15, 0.2) is 0 Å². The maximum Gasteiger partial charge on any atom is 0.274 e.